The van der Waals surface area contributed by atoms with Crippen LogP contribution in [-0.4, -0.2) is 16.4 Å². The maximum atomic E-state index is 5.75. The number of nitrogens with two attached hydrogens (primary N) is 1. The molecule has 0 aliphatic heterocycles. The third-order valence-corrected chi connectivity index (χ3v) is 3.20. The van der Waals surface area contributed by atoms with Gasteiger partial charge in [0.1, 0.15) is 11.5 Å². The van der Waals surface area contributed by atoms with Gasteiger partial charge in [-0.25, -0.2) is 0 Å². The first-order chi connectivity index (χ1) is 9.22. The lowest BCUT2D eigenvalue weighted by Crippen LogP contribution is -2.22. The highest BCUT2D eigenvalue weighted by molar-refractivity contribution is 5.19. The van der Waals surface area contributed by atoms with Gasteiger partial charge in [0, 0.05) is 12.7 Å². The van der Waals surface area contributed by atoms with E-state index in [0.717, 1.165) is 42.4 Å². The summed E-state index contributed by atoms with van der Waals surface area (Å²) < 4.78 is 5.75. The van der Waals surface area contributed by atoms with Crippen LogP contribution in [0.3, 0.4) is 0 Å². The highest BCUT2D eigenvalue weighted by atomic mass is 16.3. The van der Waals surface area contributed by atoms with Gasteiger partial charge in [-0.05, 0) is 37.2 Å². The van der Waals surface area contributed by atoms with E-state index in [9.17, 15) is 0 Å². The van der Waals surface area contributed by atoms with E-state index in [1.165, 1.54) is 0 Å². The molecule has 2 aromatic rings. The quantitative estimate of drug-likeness (QED) is 0.865. The minimum absolute atomic E-state index is 0.457. The van der Waals surface area contributed by atoms with Crippen LogP contribution < -0.4 is 5.73 Å². The van der Waals surface area contributed by atoms with E-state index in [1.54, 1.807) is 0 Å². The molecule has 2 rings (SSSR count). The highest BCUT2D eigenvalue weighted by Gasteiger charge is 2.11. The van der Waals surface area contributed by atoms with Gasteiger partial charge in [-0.3, -0.25) is 9.88 Å². The van der Waals surface area contributed by atoms with Gasteiger partial charge in [0.2, 0.25) is 0 Å². The molecule has 4 heteroatoms. The second kappa shape index (κ2) is 6.50. The standard InChI is InChI=1S/C15H21N3O/c1-3-18(10-13-6-4-5-7-17-13)11-14-8-12(2)15(9-16)19-14/h4-8H,3,9-11,16H2,1-2H3. The van der Waals surface area contributed by atoms with Crippen molar-refractivity contribution in [3.63, 3.8) is 0 Å². The SMILES string of the molecule is CCN(Cc1ccccn1)Cc1cc(C)c(CN)o1. The van der Waals surface area contributed by atoms with Crippen molar-refractivity contribution in [3.05, 3.63) is 53.2 Å². The Morgan fingerprint density at radius 2 is 2.16 bits per heavy atom. The highest BCUT2D eigenvalue weighted by Crippen LogP contribution is 2.16. The molecule has 0 radical (unpaired) electrons. The number of aryl methyl sites for hydroxylation is 1. The van der Waals surface area contributed by atoms with E-state index in [-0.39, 0.29) is 0 Å². The van der Waals surface area contributed by atoms with Gasteiger partial charge in [0.25, 0.3) is 0 Å². The third kappa shape index (κ3) is 3.66. The summed E-state index contributed by atoms with van der Waals surface area (Å²) in [6.45, 7) is 7.20. The zero-order valence-corrected chi connectivity index (χ0v) is 11.6. The van der Waals surface area contributed by atoms with Gasteiger partial charge >= 0.3 is 0 Å². The van der Waals surface area contributed by atoms with E-state index in [4.69, 9.17) is 10.2 Å². The van der Waals surface area contributed by atoms with Crippen LogP contribution in [-0.2, 0) is 19.6 Å². The van der Waals surface area contributed by atoms with E-state index in [2.05, 4.69) is 22.9 Å². The molecular weight excluding hydrogens is 238 g/mol. The smallest absolute Gasteiger partial charge is 0.120 e. The topological polar surface area (TPSA) is 55.3 Å². The summed E-state index contributed by atoms with van der Waals surface area (Å²) in [4.78, 5) is 6.65. The van der Waals surface area contributed by atoms with Gasteiger partial charge in [-0.2, -0.15) is 0 Å². The lowest BCUT2D eigenvalue weighted by molar-refractivity contribution is 0.242. The summed E-state index contributed by atoms with van der Waals surface area (Å²) >= 11 is 0. The Hall–Kier alpha value is -1.65. The first-order valence-corrected chi connectivity index (χ1v) is 6.63. The lowest BCUT2D eigenvalue weighted by Gasteiger charge is -2.18. The monoisotopic (exact) mass is 259 g/mol. The first-order valence-electron chi connectivity index (χ1n) is 6.63. The van der Waals surface area contributed by atoms with Crippen LogP contribution >= 0.6 is 0 Å². The molecule has 0 amide bonds. The Labute approximate surface area is 114 Å². The van der Waals surface area contributed by atoms with Gasteiger partial charge in [-0.15, -0.1) is 0 Å². The molecule has 0 aromatic carbocycles. The van der Waals surface area contributed by atoms with Crippen molar-refractivity contribution in [2.24, 2.45) is 5.73 Å². The molecule has 0 atom stereocenters. The Bertz CT molecular complexity index is 507. The average molecular weight is 259 g/mol. The molecule has 2 aromatic heterocycles. The van der Waals surface area contributed by atoms with Gasteiger partial charge in [0.05, 0.1) is 18.8 Å². The molecule has 4 nitrogen and oxygen atoms in total. The predicted molar refractivity (Wildman–Crippen MR) is 75.4 cm³/mol. The summed E-state index contributed by atoms with van der Waals surface area (Å²) in [6, 6.07) is 8.06. The van der Waals surface area contributed by atoms with E-state index in [0.29, 0.717) is 6.54 Å². The van der Waals surface area contributed by atoms with Crippen molar-refractivity contribution < 1.29 is 4.42 Å². The van der Waals surface area contributed by atoms with Crippen molar-refractivity contribution in [2.75, 3.05) is 6.54 Å². The minimum Gasteiger partial charge on any atom is -0.463 e. The van der Waals surface area contributed by atoms with E-state index >= 15 is 0 Å². The van der Waals surface area contributed by atoms with Crippen LogP contribution in [0.4, 0.5) is 0 Å². The van der Waals surface area contributed by atoms with Crippen LogP contribution in [0, 0.1) is 6.92 Å². The van der Waals surface area contributed by atoms with Crippen LogP contribution in [0.2, 0.25) is 0 Å². The first kappa shape index (κ1) is 13.8. The Balaban J connectivity index is 2.02. The summed E-state index contributed by atoms with van der Waals surface area (Å²) in [6.07, 6.45) is 1.83. The van der Waals surface area contributed by atoms with Crippen molar-refractivity contribution >= 4 is 0 Å². The fourth-order valence-electron chi connectivity index (χ4n) is 2.09. The van der Waals surface area contributed by atoms with Crippen molar-refractivity contribution in [1.29, 1.82) is 0 Å². The fraction of sp³-hybridized carbons (Fsp3) is 0.400. The molecule has 0 unspecified atom stereocenters. The second-order valence-electron chi connectivity index (χ2n) is 4.65. The molecule has 0 saturated carbocycles. The molecule has 0 aliphatic rings. The molecule has 19 heavy (non-hydrogen) atoms. The van der Waals surface area contributed by atoms with Gasteiger partial charge in [0.15, 0.2) is 0 Å². The number of nitrogens with zero attached hydrogens (tertiary/aromatic N) is 2. The Morgan fingerprint density at radius 3 is 2.74 bits per heavy atom. The Kier molecular flexibility index (Phi) is 4.71. The van der Waals surface area contributed by atoms with Crippen LogP contribution in [0.15, 0.2) is 34.9 Å². The number of aromatic nitrogens is 1. The predicted octanol–water partition coefficient (Wildman–Crippen LogP) is 2.46. The number of furan rings is 1. The van der Waals surface area contributed by atoms with E-state index < -0.39 is 0 Å². The number of hydrogen-bond acceptors (Lipinski definition) is 4. The molecule has 0 bridgehead atoms. The maximum Gasteiger partial charge on any atom is 0.120 e. The van der Waals surface area contributed by atoms with Crippen LogP contribution in [0.25, 0.3) is 0 Å². The number of rotatable bonds is 6. The average Bonchev–Trinajstić information content (AvgIpc) is 2.79. The molecule has 102 valence electrons. The summed E-state index contributed by atoms with van der Waals surface area (Å²) in [7, 11) is 0. The molecule has 2 N–H and O–H groups in total. The van der Waals surface area contributed by atoms with Gasteiger partial charge < -0.3 is 10.2 Å². The zero-order valence-electron chi connectivity index (χ0n) is 11.6. The summed E-state index contributed by atoms with van der Waals surface area (Å²) in [5.74, 6) is 1.85. The molecule has 0 aliphatic carbocycles. The maximum absolute atomic E-state index is 5.75. The number of pyridine rings is 1. The molecule has 2 heterocycles. The second-order valence-corrected chi connectivity index (χ2v) is 4.65. The molecule has 0 spiro atoms. The lowest BCUT2D eigenvalue weighted by atomic mass is 10.2. The zero-order chi connectivity index (χ0) is 13.7. The summed E-state index contributed by atoms with van der Waals surface area (Å²) in [5.41, 5.74) is 7.84. The van der Waals surface area contributed by atoms with Crippen molar-refractivity contribution in [1.82, 2.24) is 9.88 Å². The normalized spacial score (nSPS) is 11.2. The van der Waals surface area contributed by atoms with Crippen LogP contribution in [0.5, 0.6) is 0 Å². The van der Waals surface area contributed by atoms with Crippen LogP contribution in [0.1, 0.15) is 29.7 Å². The molecule has 0 saturated heterocycles. The van der Waals surface area contributed by atoms with E-state index in [1.807, 2.05) is 31.3 Å². The van der Waals surface area contributed by atoms with Gasteiger partial charge in [-0.1, -0.05) is 13.0 Å². The summed E-state index contributed by atoms with van der Waals surface area (Å²) in [5, 5.41) is 0. The molecule has 0 fully saturated rings. The Morgan fingerprint density at radius 1 is 1.32 bits per heavy atom. The fourth-order valence-corrected chi connectivity index (χ4v) is 2.09. The van der Waals surface area contributed by atoms with Crippen molar-refractivity contribution in [3.8, 4) is 0 Å². The largest absolute Gasteiger partial charge is 0.463 e. The number of hydrogen-bond donors (Lipinski definition) is 1. The third-order valence-electron chi connectivity index (χ3n) is 3.20. The molecular formula is C15H21N3O. The minimum atomic E-state index is 0.457. The van der Waals surface area contributed by atoms with Crippen molar-refractivity contribution in [2.45, 2.75) is 33.5 Å².